The molecule has 0 unspecified atom stereocenters. The molecule has 9 nitrogen and oxygen atoms in total. The normalized spacial score (nSPS) is 14.8. The van der Waals surface area contributed by atoms with Gasteiger partial charge in [-0.25, -0.2) is 0 Å². The van der Waals surface area contributed by atoms with Gasteiger partial charge >= 0.3 is 0 Å². The van der Waals surface area contributed by atoms with Crippen molar-refractivity contribution in [2.45, 2.75) is 0 Å². The highest BCUT2D eigenvalue weighted by atomic mass is 35.5. The average molecular weight is 461 g/mol. The Morgan fingerprint density at radius 1 is 1.23 bits per heavy atom. The third-order valence-corrected chi connectivity index (χ3v) is 5.55. The largest absolute Gasteiger partial charge is 0.387 e. The molecule has 31 heavy (non-hydrogen) atoms. The Morgan fingerprint density at radius 2 is 1.94 bits per heavy atom. The molecule has 1 aliphatic rings. The number of rotatable bonds is 7. The third kappa shape index (κ3) is 5.22. The summed E-state index contributed by atoms with van der Waals surface area (Å²) in [6.07, 6.45) is 1.60. The minimum absolute atomic E-state index is 0.00303. The predicted octanol–water partition coefficient (Wildman–Crippen LogP) is 3.76. The van der Waals surface area contributed by atoms with Crippen molar-refractivity contribution in [3.05, 3.63) is 73.6 Å². The summed E-state index contributed by atoms with van der Waals surface area (Å²) >= 11 is 6.66. The number of anilines is 1. The van der Waals surface area contributed by atoms with Crippen LogP contribution in [-0.2, 0) is 4.79 Å². The van der Waals surface area contributed by atoms with Crippen LogP contribution in [0.1, 0.15) is 15.9 Å². The smallest absolute Gasteiger partial charge is 0.293 e. The van der Waals surface area contributed by atoms with E-state index in [0.29, 0.717) is 10.7 Å². The van der Waals surface area contributed by atoms with E-state index in [0.717, 1.165) is 28.3 Å². The summed E-state index contributed by atoms with van der Waals surface area (Å²) in [4.78, 5) is 48.9. The molecule has 3 amide bonds. The van der Waals surface area contributed by atoms with Crippen molar-refractivity contribution in [3.8, 4) is 0 Å². The van der Waals surface area contributed by atoms with Crippen LogP contribution < -0.4 is 10.6 Å². The summed E-state index contributed by atoms with van der Waals surface area (Å²) in [6, 6.07) is 10.7. The Morgan fingerprint density at radius 3 is 2.58 bits per heavy atom. The second-order valence-corrected chi connectivity index (χ2v) is 7.81. The summed E-state index contributed by atoms with van der Waals surface area (Å²) < 4.78 is 0. The number of carbonyl (C=O) groups excluding carboxylic acids is 3. The summed E-state index contributed by atoms with van der Waals surface area (Å²) in [7, 11) is 1.59. The Hall–Kier alpha value is -3.37. The zero-order valence-electron chi connectivity index (χ0n) is 16.3. The van der Waals surface area contributed by atoms with Crippen molar-refractivity contribution < 1.29 is 19.3 Å². The number of nitrogens with one attached hydrogen (secondary N) is 2. The van der Waals surface area contributed by atoms with Crippen LogP contribution in [0.3, 0.4) is 0 Å². The van der Waals surface area contributed by atoms with E-state index in [4.69, 9.17) is 11.6 Å². The molecule has 1 fully saturated rings. The van der Waals surface area contributed by atoms with Gasteiger partial charge in [-0.3, -0.25) is 29.4 Å². The minimum Gasteiger partial charge on any atom is -0.387 e. The van der Waals surface area contributed by atoms with E-state index in [1.54, 1.807) is 37.4 Å². The fourth-order valence-corrected chi connectivity index (χ4v) is 3.82. The van der Waals surface area contributed by atoms with Gasteiger partial charge in [0.2, 0.25) is 0 Å². The molecule has 0 bridgehead atoms. The van der Waals surface area contributed by atoms with Gasteiger partial charge in [0, 0.05) is 43.0 Å². The van der Waals surface area contributed by atoms with Crippen LogP contribution in [0.25, 0.3) is 6.08 Å². The molecular weight excluding hydrogens is 444 g/mol. The lowest BCUT2D eigenvalue weighted by atomic mass is 10.1. The number of amides is 3. The molecule has 1 heterocycles. The number of hydrogen-bond donors (Lipinski definition) is 2. The van der Waals surface area contributed by atoms with E-state index < -0.39 is 22.0 Å². The van der Waals surface area contributed by atoms with Gasteiger partial charge in [-0.2, -0.15) is 0 Å². The summed E-state index contributed by atoms with van der Waals surface area (Å²) in [5, 5.41) is 16.5. The van der Waals surface area contributed by atoms with Gasteiger partial charge in [0.1, 0.15) is 0 Å². The maximum atomic E-state index is 12.5. The monoisotopic (exact) mass is 460 g/mol. The standard InChI is InChI=1S/C20H17ClN4O5S/c1-22-16-7-6-14(25(29)30)11-15(16)18(26)23-8-9-24-19(27)17(31-20(24)28)10-12-2-4-13(21)5-3-12/h2-7,10-11,22H,8-9H2,1H3,(H,23,26). The minimum atomic E-state index is -0.594. The van der Waals surface area contributed by atoms with Crippen molar-refractivity contribution in [1.82, 2.24) is 10.2 Å². The molecule has 2 aromatic rings. The highest BCUT2D eigenvalue weighted by molar-refractivity contribution is 8.18. The lowest BCUT2D eigenvalue weighted by Gasteiger charge is -2.14. The number of nitro groups is 1. The molecule has 0 spiro atoms. The lowest BCUT2D eigenvalue weighted by molar-refractivity contribution is -0.384. The first-order valence-corrected chi connectivity index (χ1v) is 10.2. The van der Waals surface area contributed by atoms with Crippen LogP contribution in [0.2, 0.25) is 5.02 Å². The molecule has 0 aliphatic carbocycles. The first kappa shape index (κ1) is 22.3. The molecule has 0 radical (unpaired) electrons. The molecular formula is C20H17ClN4O5S. The van der Waals surface area contributed by atoms with Crippen molar-refractivity contribution in [2.24, 2.45) is 0 Å². The Bertz CT molecular complexity index is 1090. The van der Waals surface area contributed by atoms with Gasteiger partial charge < -0.3 is 10.6 Å². The molecule has 160 valence electrons. The van der Waals surface area contributed by atoms with Gasteiger partial charge in [-0.15, -0.1) is 0 Å². The SMILES string of the molecule is CNc1ccc([N+](=O)[O-])cc1C(=O)NCCN1C(=O)SC(=Cc2ccc(Cl)cc2)C1=O. The highest BCUT2D eigenvalue weighted by Gasteiger charge is 2.34. The number of halogens is 1. The van der Waals surface area contributed by atoms with E-state index >= 15 is 0 Å². The number of benzene rings is 2. The molecule has 11 heteroatoms. The highest BCUT2D eigenvalue weighted by Crippen LogP contribution is 2.32. The Balaban J connectivity index is 1.64. The maximum Gasteiger partial charge on any atom is 0.293 e. The van der Waals surface area contributed by atoms with Crippen molar-refractivity contribution in [3.63, 3.8) is 0 Å². The Kier molecular flexibility index (Phi) is 6.93. The van der Waals surface area contributed by atoms with E-state index in [-0.39, 0.29) is 29.2 Å². The maximum absolute atomic E-state index is 12.5. The van der Waals surface area contributed by atoms with Gasteiger partial charge in [0.25, 0.3) is 22.7 Å². The van der Waals surface area contributed by atoms with Crippen LogP contribution in [0.4, 0.5) is 16.2 Å². The predicted molar refractivity (Wildman–Crippen MR) is 119 cm³/mol. The number of imide groups is 1. The van der Waals surface area contributed by atoms with Crippen molar-refractivity contribution in [1.29, 1.82) is 0 Å². The number of nitro benzene ring substituents is 1. The molecule has 0 saturated carbocycles. The van der Waals surface area contributed by atoms with Crippen LogP contribution in [0.15, 0.2) is 47.4 Å². The average Bonchev–Trinajstić information content (AvgIpc) is 3.02. The third-order valence-electron chi connectivity index (χ3n) is 4.39. The molecule has 0 aromatic heterocycles. The second kappa shape index (κ2) is 9.63. The molecule has 1 saturated heterocycles. The summed E-state index contributed by atoms with van der Waals surface area (Å²) in [5.41, 5.74) is 1.02. The fraction of sp³-hybridized carbons (Fsp3) is 0.150. The van der Waals surface area contributed by atoms with Crippen molar-refractivity contribution >= 4 is 57.9 Å². The summed E-state index contributed by atoms with van der Waals surface area (Å²) in [6.45, 7) is -0.0326. The van der Waals surface area contributed by atoms with Gasteiger partial charge in [0.15, 0.2) is 0 Å². The zero-order chi connectivity index (χ0) is 22.5. The quantitative estimate of drug-likeness (QED) is 0.366. The van der Waals surface area contributed by atoms with E-state index in [1.807, 2.05) is 0 Å². The molecule has 0 atom stereocenters. The number of carbonyl (C=O) groups is 3. The molecule has 3 rings (SSSR count). The Labute approximate surface area is 186 Å². The van der Waals surface area contributed by atoms with Crippen LogP contribution in [0, 0.1) is 10.1 Å². The number of hydrogen-bond acceptors (Lipinski definition) is 7. The van der Waals surface area contributed by atoms with E-state index in [1.165, 1.54) is 12.1 Å². The number of non-ortho nitro benzene ring substituents is 1. The van der Waals surface area contributed by atoms with E-state index in [2.05, 4.69) is 10.6 Å². The first-order valence-electron chi connectivity index (χ1n) is 9.05. The summed E-state index contributed by atoms with van der Waals surface area (Å²) in [5.74, 6) is -1.01. The topological polar surface area (TPSA) is 122 Å². The number of thioether (sulfide) groups is 1. The number of nitrogens with zero attached hydrogens (tertiary/aromatic N) is 2. The van der Waals surface area contributed by atoms with Crippen LogP contribution in [0.5, 0.6) is 0 Å². The second-order valence-electron chi connectivity index (χ2n) is 6.38. The fourth-order valence-electron chi connectivity index (χ4n) is 2.83. The molecule has 1 aliphatic heterocycles. The zero-order valence-corrected chi connectivity index (χ0v) is 17.8. The van der Waals surface area contributed by atoms with E-state index in [9.17, 15) is 24.5 Å². The van der Waals surface area contributed by atoms with Gasteiger partial charge in [-0.05, 0) is 41.6 Å². The van der Waals surface area contributed by atoms with Crippen LogP contribution in [-0.4, -0.2) is 47.0 Å². The van der Waals surface area contributed by atoms with Gasteiger partial charge in [0.05, 0.1) is 15.4 Å². The van der Waals surface area contributed by atoms with Crippen molar-refractivity contribution in [2.75, 3.05) is 25.5 Å². The molecule has 2 aromatic carbocycles. The first-order chi connectivity index (χ1) is 14.8. The lowest BCUT2D eigenvalue weighted by Crippen LogP contribution is -2.37. The van der Waals surface area contributed by atoms with Gasteiger partial charge in [-0.1, -0.05) is 23.7 Å². The van der Waals surface area contributed by atoms with Crippen LogP contribution >= 0.6 is 23.4 Å². The molecule has 2 N–H and O–H groups in total.